The highest BCUT2D eigenvalue weighted by Gasteiger charge is 2.13. The molecule has 94 valence electrons. The topological polar surface area (TPSA) is 49.3 Å². The summed E-state index contributed by atoms with van der Waals surface area (Å²) < 4.78 is 0. The van der Waals surface area contributed by atoms with Gasteiger partial charge >= 0.3 is 5.97 Å². The van der Waals surface area contributed by atoms with Crippen LogP contribution >= 0.6 is 12.4 Å². The van der Waals surface area contributed by atoms with Gasteiger partial charge in [-0.05, 0) is 49.9 Å². The van der Waals surface area contributed by atoms with Crippen LogP contribution in [-0.4, -0.2) is 23.7 Å². The Morgan fingerprint density at radius 2 is 2.06 bits per heavy atom. The Kier molecular flexibility index (Phi) is 5.45. The fourth-order valence-corrected chi connectivity index (χ4v) is 2.16. The lowest BCUT2D eigenvalue weighted by Gasteiger charge is -2.09. The molecule has 1 aromatic rings. The fraction of sp³-hybridized carbons (Fsp3) is 0.462. The summed E-state index contributed by atoms with van der Waals surface area (Å²) in [4.78, 5) is 10.7. The molecule has 17 heavy (non-hydrogen) atoms. The van der Waals surface area contributed by atoms with Crippen molar-refractivity contribution in [1.29, 1.82) is 0 Å². The van der Waals surface area contributed by atoms with Crippen LogP contribution in [-0.2, 0) is 6.42 Å². The normalized spacial score (nSPS) is 18.7. The van der Waals surface area contributed by atoms with E-state index in [0.29, 0.717) is 11.6 Å². The number of aromatic carboxylic acids is 1. The number of hydrogen-bond donors (Lipinski definition) is 2. The van der Waals surface area contributed by atoms with E-state index in [9.17, 15) is 4.79 Å². The zero-order valence-electron chi connectivity index (χ0n) is 9.69. The Bertz CT molecular complexity index is 358. The highest BCUT2D eigenvalue weighted by Crippen LogP contribution is 2.13. The van der Waals surface area contributed by atoms with Gasteiger partial charge in [0.25, 0.3) is 0 Å². The number of aryl methyl sites for hydroxylation is 1. The van der Waals surface area contributed by atoms with E-state index in [0.717, 1.165) is 19.4 Å². The van der Waals surface area contributed by atoms with Crippen molar-refractivity contribution in [1.82, 2.24) is 5.32 Å². The zero-order chi connectivity index (χ0) is 11.4. The third-order valence-electron chi connectivity index (χ3n) is 3.14. The van der Waals surface area contributed by atoms with E-state index in [2.05, 4.69) is 5.32 Å². The van der Waals surface area contributed by atoms with Gasteiger partial charge in [-0.2, -0.15) is 0 Å². The number of hydrogen-bond acceptors (Lipinski definition) is 2. The lowest BCUT2D eigenvalue weighted by atomic mass is 10.0. The predicted octanol–water partition coefficient (Wildman–Crippen LogP) is 2.49. The molecule has 1 unspecified atom stereocenters. The Labute approximate surface area is 108 Å². The van der Waals surface area contributed by atoms with Crippen LogP contribution in [0.15, 0.2) is 24.3 Å². The first-order chi connectivity index (χ1) is 7.75. The quantitative estimate of drug-likeness (QED) is 0.869. The molecule has 0 bridgehead atoms. The number of nitrogens with one attached hydrogen (secondary N) is 1. The second-order valence-corrected chi connectivity index (χ2v) is 4.33. The van der Waals surface area contributed by atoms with E-state index in [1.807, 2.05) is 12.1 Å². The molecule has 0 saturated carbocycles. The minimum absolute atomic E-state index is 0. The highest BCUT2D eigenvalue weighted by atomic mass is 35.5. The molecule has 2 N–H and O–H groups in total. The molecule has 0 radical (unpaired) electrons. The Morgan fingerprint density at radius 1 is 1.35 bits per heavy atom. The van der Waals surface area contributed by atoms with Crippen LogP contribution in [0.2, 0.25) is 0 Å². The molecule has 1 heterocycles. The summed E-state index contributed by atoms with van der Waals surface area (Å²) in [5.41, 5.74) is 1.58. The van der Waals surface area contributed by atoms with E-state index in [4.69, 9.17) is 5.11 Å². The molecule has 1 saturated heterocycles. The number of carboxylic acid groups (broad SMARTS) is 1. The average Bonchev–Trinajstić information content (AvgIpc) is 2.80. The minimum Gasteiger partial charge on any atom is -0.478 e. The second kappa shape index (κ2) is 6.62. The fourth-order valence-electron chi connectivity index (χ4n) is 2.16. The van der Waals surface area contributed by atoms with Gasteiger partial charge in [-0.3, -0.25) is 0 Å². The molecule has 0 aromatic heterocycles. The van der Waals surface area contributed by atoms with Crippen molar-refractivity contribution in [3.05, 3.63) is 35.4 Å². The van der Waals surface area contributed by atoms with Crippen LogP contribution in [0.5, 0.6) is 0 Å². The smallest absolute Gasteiger partial charge is 0.335 e. The monoisotopic (exact) mass is 255 g/mol. The summed E-state index contributed by atoms with van der Waals surface area (Å²) >= 11 is 0. The van der Waals surface area contributed by atoms with Gasteiger partial charge in [0.1, 0.15) is 0 Å². The summed E-state index contributed by atoms with van der Waals surface area (Å²) in [6.45, 7) is 1.14. The van der Waals surface area contributed by atoms with Crippen molar-refractivity contribution in [2.45, 2.75) is 31.7 Å². The van der Waals surface area contributed by atoms with Crippen molar-refractivity contribution in [2.24, 2.45) is 0 Å². The maximum atomic E-state index is 10.7. The molecule has 3 nitrogen and oxygen atoms in total. The van der Waals surface area contributed by atoms with Crippen molar-refractivity contribution in [3.8, 4) is 0 Å². The third-order valence-corrected chi connectivity index (χ3v) is 3.14. The molecule has 1 atom stereocenters. The van der Waals surface area contributed by atoms with Crippen LogP contribution in [0.3, 0.4) is 0 Å². The van der Waals surface area contributed by atoms with Crippen LogP contribution in [0, 0.1) is 0 Å². The van der Waals surface area contributed by atoms with Crippen molar-refractivity contribution in [3.63, 3.8) is 0 Å². The third kappa shape index (κ3) is 4.02. The predicted molar refractivity (Wildman–Crippen MR) is 70.0 cm³/mol. The molecule has 2 rings (SSSR count). The summed E-state index contributed by atoms with van der Waals surface area (Å²) in [6, 6.07) is 7.84. The van der Waals surface area contributed by atoms with E-state index < -0.39 is 5.97 Å². The summed E-state index contributed by atoms with van der Waals surface area (Å²) in [7, 11) is 0. The second-order valence-electron chi connectivity index (χ2n) is 4.33. The standard InChI is InChI=1S/C13H17NO2.ClH/c15-13(16)11-6-3-10(4-7-11)5-8-12-2-1-9-14-12;/h3-4,6-7,12,14H,1-2,5,8-9H2,(H,15,16);1H. The highest BCUT2D eigenvalue weighted by molar-refractivity contribution is 5.87. The first-order valence-corrected chi connectivity index (χ1v) is 5.81. The maximum absolute atomic E-state index is 10.7. The molecular weight excluding hydrogens is 238 g/mol. The molecule has 1 aromatic carbocycles. The van der Waals surface area contributed by atoms with E-state index in [1.165, 1.54) is 18.4 Å². The van der Waals surface area contributed by atoms with Gasteiger partial charge in [-0.1, -0.05) is 12.1 Å². The maximum Gasteiger partial charge on any atom is 0.335 e. The molecule has 1 aliphatic heterocycles. The lowest BCUT2D eigenvalue weighted by molar-refractivity contribution is 0.0697. The van der Waals surface area contributed by atoms with Gasteiger partial charge < -0.3 is 10.4 Å². The molecule has 0 spiro atoms. The van der Waals surface area contributed by atoms with Crippen LogP contribution < -0.4 is 5.32 Å². The average molecular weight is 256 g/mol. The summed E-state index contributed by atoms with van der Waals surface area (Å²) in [6.07, 6.45) is 4.72. The summed E-state index contributed by atoms with van der Waals surface area (Å²) in [5.74, 6) is -0.857. The number of benzene rings is 1. The first kappa shape index (κ1) is 14.0. The lowest BCUT2D eigenvalue weighted by Crippen LogP contribution is -2.21. The zero-order valence-corrected chi connectivity index (χ0v) is 10.5. The number of carbonyl (C=O) groups is 1. The molecule has 0 aliphatic carbocycles. The number of carboxylic acids is 1. The van der Waals surface area contributed by atoms with Gasteiger partial charge in [0.15, 0.2) is 0 Å². The van der Waals surface area contributed by atoms with Crippen molar-refractivity contribution in [2.75, 3.05) is 6.54 Å². The van der Waals surface area contributed by atoms with Gasteiger partial charge in [-0.15, -0.1) is 12.4 Å². The largest absolute Gasteiger partial charge is 0.478 e. The number of halogens is 1. The Balaban J connectivity index is 0.00000144. The molecule has 1 fully saturated rings. The Morgan fingerprint density at radius 3 is 2.59 bits per heavy atom. The molecular formula is C13H18ClNO2. The molecule has 1 aliphatic rings. The van der Waals surface area contributed by atoms with Crippen LogP contribution in [0.1, 0.15) is 35.2 Å². The van der Waals surface area contributed by atoms with Gasteiger partial charge in [0, 0.05) is 6.04 Å². The van der Waals surface area contributed by atoms with Crippen molar-refractivity contribution < 1.29 is 9.90 Å². The number of rotatable bonds is 4. The minimum atomic E-state index is -0.857. The Hall–Kier alpha value is -1.06. The van der Waals surface area contributed by atoms with E-state index >= 15 is 0 Å². The molecule has 4 heteroatoms. The molecule has 0 amide bonds. The SMILES string of the molecule is Cl.O=C(O)c1ccc(CCC2CCCN2)cc1. The van der Waals surface area contributed by atoms with Crippen LogP contribution in [0.4, 0.5) is 0 Å². The van der Waals surface area contributed by atoms with Crippen LogP contribution in [0.25, 0.3) is 0 Å². The summed E-state index contributed by atoms with van der Waals surface area (Å²) in [5, 5.41) is 12.2. The van der Waals surface area contributed by atoms with Crippen molar-refractivity contribution >= 4 is 18.4 Å². The van der Waals surface area contributed by atoms with Gasteiger partial charge in [0.05, 0.1) is 5.56 Å². The van der Waals surface area contributed by atoms with Gasteiger partial charge in [-0.25, -0.2) is 4.79 Å². The first-order valence-electron chi connectivity index (χ1n) is 5.81. The van der Waals surface area contributed by atoms with Gasteiger partial charge in [0.2, 0.25) is 0 Å². The van der Waals surface area contributed by atoms with E-state index in [1.54, 1.807) is 12.1 Å². The van der Waals surface area contributed by atoms with E-state index in [-0.39, 0.29) is 12.4 Å².